The van der Waals surface area contributed by atoms with Crippen LogP contribution in [0.5, 0.6) is 5.75 Å². The van der Waals surface area contributed by atoms with Crippen LogP contribution in [0.4, 0.5) is 5.13 Å². The highest BCUT2D eigenvalue weighted by Gasteiger charge is 2.60. The maximum Gasteiger partial charge on any atom is 0.232 e. The van der Waals surface area contributed by atoms with E-state index in [0.717, 1.165) is 48.1 Å². The summed E-state index contributed by atoms with van der Waals surface area (Å²) in [7, 11) is 0. The number of hydrogen-bond donors (Lipinski definition) is 2. The summed E-state index contributed by atoms with van der Waals surface area (Å²) in [5.41, 5.74) is 0.280. The first kappa shape index (κ1) is 18.9. The van der Waals surface area contributed by atoms with Gasteiger partial charge >= 0.3 is 0 Å². The van der Waals surface area contributed by atoms with Crippen LogP contribution in [0.25, 0.3) is 10.2 Å². The number of rotatable bonds is 5. The van der Waals surface area contributed by atoms with Crippen molar-refractivity contribution in [3.63, 3.8) is 0 Å². The molecule has 0 saturated heterocycles. The summed E-state index contributed by atoms with van der Waals surface area (Å²) in [5, 5.41) is 6.99. The highest BCUT2D eigenvalue weighted by molar-refractivity contribution is 7.22. The van der Waals surface area contributed by atoms with Crippen LogP contribution in [0, 0.1) is 17.3 Å². The van der Waals surface area contributed by atoms with Crippen molar-refractivity contribution in [3.05, 3.63) is 18.2 Å². The summed E-state index contributed by atoms with van der Waals surface area (Å²) < 4.78 is 6.57. The molecule has 7 heteroatoms. The van der Waals surface area contributed by atoms with Crippen molar-refractivity contribution >= 4 is 38.5 Å². The van der Waals surface area contributed by atoms with Crippen LogP contribution in [-0.2, 0) is 9.59 Å². The third kappa shape index (κ3) is 3.29. The Morgan fingerprint density at radius 1 is 1.24 bits per heavy atom. The van der Waals surface area contributed by atoms with Crippen LogP contribution in [0.1, 0.15) is 52.4 Å². The molecule has 29 heavy (non-hydrogen) atoms. The van der Waals surface area contributed by atoms with Gasteiger partial charge < -0.3 is 15.4 Å². The van der Waals surface area contributed by atoms with E-state index in [1.807, 2.05) is 25.1 Å². The number of fused-ring (bicyclic) bond motifs is 1. The maximum absolute atomic E-state index is 13.5. The smallest absolute Gasteiger partial charge is 0.232 e. The first-order valence-electron chi connectivity index (χ1n) is 10.5. The predicted molar refractivity (Wildman–Crippen MR) is 113 cm³/mol. The van der Waals surface area contributed by atoms with Crippen LogP contribution in [0.3, 0.4) is 0 Å². The standard InChI is InChI=1S/C22H27N3O3S/c1-3-28-16-4-5-17-18(7-16)29-20(23-17)24-19(27)21-8-14-6-15(9-21)11-22(10-14,12-21)25-13(2)26/h4-5,7,14-15H,3,6,8-12H2,1-2H3,(H,25,26)(H,23,24,27)/t14-,15-,21?,22?/m0/s1. The van der Waals surface area contributed by atoms with E-state index in [4.69, 9.17) is 4.74 Å². The molecule has 6 rings (SSSR count). The van der Waals surface area contributed by atoms with Crippen molar-refractivity contribution in [1.82, 2.24) is 10.3 Å². The molecule has 4 aliphatic carbocycles. The van der Waals surface area contributed by atoms with E-state index in [1.54, 1.807) is 6.92 Å². The minimum absolute atomic E-state index is 0.0128. The monoisotopic (exact) mass is 413 g/mol. The number of amides is 2. The molecular weight excluding hydrogens is 386 g/mol. The first-order chi connectivity index (χ1) is 13.9. The van der Waals surface area contributed by atoms with Crippen LogP contribution in [-0.4, -0.2) is 28.9 Å². The number of ether oxygens (including phenoxy) is 1. The Bertz CT molecular complexity index is 971. The lowest BCUT2D eigenvalue weighted by molar-refractivity contribution is -0.148. The van der Waals surface area contributed by atoms with Gasteiger partial charge in [0.25, 0.3) is 0 Å². The van der Waals surface area contributed by atoms with E-state index in [1.165, 1.54) is 17.8 Å². The Hall–Kier alpha value is -2.15. The molecule has 2 N–H and O–H groups in total. The summed E-state index contributed by atoms with van der Waals surface area (Å²) in [5.74, 6) is 1.96. The molecule has 4 bridgehead atoms. The van der Waals surface area contributed by atoms with E-state index in [0.29, 0.717) is 23.6 Å². The molecule has 154 valence electrons. The van der Waals surface area contributed by atoms with Crippen LogP contribution in [0.15, 0.2) is 18.2 Å². The second-order valence-corrected chi connectivity index (χ2v) is 10.3. The quantitative estimate of drug-likeness (QED) is 0.773. The fraction of sp³-hybridized carbons (Fsp3) is 0.591. The van der Waals surface area contributed by atoms with Crippen LogP contribution >= 0.6 is 11.3 Å². The summed E-state index contributed by atoms with van der Waals surface area (Å²) in [6.07, 6.45) is 5.82. The van der Waals surface area contributed by atoms with Gasteiger partial charge in [-0.1, -0.05) is 11.3 Å². The number of nitrogens with one attached hydrogen (secondary N) is 2. The average Bonchev–Trinajstić information content (AvgIpc) is 3.01. The van der Waals surface area contributed by atoms with Crippen molar-refractivity contribution in [3.8, 4) is 5.75 Å². The lowest BCUT2D eigenvalue weighted by Crippen LogP contribution is -2.65. The molecule has 0 unspecified atom stereocenters. The molecule has 4 fully saturated rings. The maximum atomic E-state index is 13.5. The molecule has 4 aliphatic rings. The molecule has 2 aromatic rings. The number of nitrogens with zero attached hydrogens (tertiary/aromatic N) is 1. The van der Waals surface area contributed by atoms with E-state index >= 15 is 0 Å². The number of anilines is 1. The number of hydrogen-bond acceptors (Lipinski definition) is 5. The largest absolute Gasteiger partial charge is 0.494 e. The minimum Gasteiger partial charge on any atom is -0.494 e. The van der Waals surface area contributed by atoms with E-state index in [9.17, 15) is 9.59 Å². The van der Waals surface area contributed by atoms with Gasteiger partial charge in [0.1, 0.15) is 5.75 Å². The zero-order valence-electron chi connectivity index (χ0n) is 16.9. The number of carbonyl (C=O) groups excluding carboxylic acids is 2. The highest BCUT2D eigenvalue weighted by Crippen LogP contribution is 2.62. The molecule has 1 aromatic heterocycles. The summed E-state index contributed by atoms with van der Waals surface area (Å²) >= 11 is 1.49. The summed E-state index contributed by atoms with van der Waals surface area (Å²) in [4.78, 5) is 29.9. The third-order valence-electron chi connectivity index (χ3n) is 6.88. The van der Waals surface area contributed by atoms with E-state index < -0.39 is 0 Å². The molecule has 0 aliphatic heterocycles. The van der Waals surface area contributed by atoms with Gasteiger partial charge in [-0.05, 0) is 75.5 Å². The van der Waals surface area contributed by atoms with Crippen molar-refractivity contribution in [2.45, 2.75) is 57.9 Å². The Morgan fingerprint density at radius 2 is 2.00 bits per heavy atom. The molecule has 2 amide bonds. The van der Waals surface area contributed by atoms with Gasteiger partial charge in [-0.3, -0.25) is 9.59 Å². The number of benzene rings is 1. The Kier molecular flexibility index (Phi) is 4.35. The van der Waals surface area contributed by atoms with Gasteiger partial charge in [-0.15, -0.1) is 0 Å². The minimum atomic E-state index is -0.388. The Labute approximate surface area is 174 Å². The van der Waals surface area contributed by atoms with Crippen LogP contribution in [0.2, 0.25) is 0 Å². The van der Waals surface area contributed by atoms with Gasteiger partial charge in [0.05, 0.1) is 22.2 Å². The summed E-state index contributed by atoms with van der Waals surface area (Å²) in [6.45, 7) is 4.17. The normalized spacial score (nSPS) is 32.3. The molecular formula is C22H27N3O3S. The van der Waals surface area contributed by atoms with Crippen molar-refractivity contribution < 1.29 is 14.3 Å². The van der Waals surface area contributed by atoms with Gasteiger partial charge in [0, 0.05) is 12.5 Å². The topological polar surface area (TPSA) is 80.3 Å². The van der Waals surface area contributed by atoms with Crippen molar-refractivity contribution in [2.75, 3.05) is 11.9 Å². The number of carbonyl (C=O) groups is 2. The lowest BCUT2D eigenvalue weighted by atomic mass is 9.46. The average molecular weight is 414 g/mol. The zero-order chi connectivity index (χ0) is 20.2. The van der Waals surface area contributed by atoms with Gasteiger partial charge in [-0.25, -0.2) is 4.98 Å². The van der Waals surface area contributed by atoms with Gasteiger partial charge in [0.15, 0.2) is 5.13 Å². The Balaban J connectivity index is 1.39. The second-order valence-electron chi connectivity index (χ2n) is 9.24. The number of thiazole rings is 1. The Morgan fingerprint density at radius 3 is 2.69 bits per heavy atom. The van der Waals surface area contributed by atoms with Crippen molar-refractivity contribution in [1.29, 1.82) is 0 Å². The van der Waals surface area contributed by atoms with Gasteiger partial charge in [0.2, 0.25) is 11.8 Å². The summed E-state index contributed by atoms with van der Waals surface area (Å²) in [6, 6.07) is 5.82. The fourth-order valence-electron chi connectivity index (χ4n) is 6.49. The first-order valence-corrected chi connectivity index (χ1v) is 11.3. The lowest BCUT2D eigenvalue weighted by Gasteiger charge is -2.61. The molecule has 6 nitrogen and oxygen atoms in total. The molecule has 0 radical (unpaired) electrons. The van der Waals surface area contributed by atoms with Crippen LogP contribution < -0.4 is 15.4 Å². The SMILES string of the molecule is CCOc1ccc2nc(NC(=O)C34C[C@@H]5C[C@H](CC(NC(C)=O)(C5)C3)C4)sc2c1. The second kappa shape index (κ2) is 6.69. The molecule has 2 atom stereocenters. The molecule has 1 aromatic carbocycles. The molecule has 4 saturated carbocycles. The number of aromatic nitrogens is 1. The van der Waals surface area contributed by atoms with E-state index in [2.05, 4.69) is 15.6 Å². The predicted octanol–water partition coefficient (Wildman–Crippen LogP) is 4.11. The van der Waals surface area contributed by atoms with Gasteiger partial charge in [-0.2, -0.15) is 0 Å². The highest BCUT2D eigenvalue weighted by atomic mass is 32.1. The molecule has 1 heterocycles. The zero-order valence-corrected chi connectivity index (χ0v) is 17.7. The molecule has 0 spiro atoms. The van der Waals surface area contributed by atoms with Crippen molar-refractivity contribution in [2.24, 2.45) is 17.3 Å². The third-order valence-corrected chi connectivity index (χ3v) is 7.81. The fourth-order valence-corrected chi connectivity index (χ4v) is 7.38. The van der Waals surface area contributed by atoms with E-state index in [-0.39, 0.29) is 22.8 Å².